The van der Waals surface area contributed by atoms with E-state index in [1.54, 1.807) is 0 Å². The van der Waals surface area contributed by atoms with Gasteiger partial charge in [-0.1, -0.05) is 0 Å². The van der Waals surface area contributed by atoms with Crippen LogP contribution in [0.2, 0.25) is 0 Å². The van der Waals surface area contributed by atoms with Crippen LogP contribution in [0.5, 0.6) is 11.5 Å². The SMILES string of the molecule is Cc1nc(Nc2ccc3c(c2)OCO3)cc(N(C)C2CCS(=O)(=O)C2)n1. The molecule has 0 bridgehead atoms. The quantitative estimate of drug-likeness (QED) is 0.864. The van der Waals surface area contributed by atoms with Crippen molar-refractivity contribution in [3.05, 3.63) is 30.1 Å². The molecule has 2 aromatic rings. The van der Waals surface area contributed by atoms with Gasteiger partial charge in [-0.3, -0.25) is 0 Å². The predicted molar refractivity (Wildman–Crippen MR) is 98.1 cm³/mol. The van der Waals surface area contributed by atoms with Crippen molar-refractivity contribution >= 4 is 27.2 Å². The van der Waals surface area contributed by atoms with E-state index < -0.39 is 9.84 Å². The lowest BCUT2D eigenvalue weighted by Crippen LogP contribution is -2.33. The van der Waals surface area contributed by atoms with E-state index in [1.165, 1.54) is 0 Å². The molecule has 0 radical (unpaired) electrons. The number of aryl methyl sites for hydroxylation is 1. The van der Waals surface area contributed by atoms with Gasteiger partial charge in [-0.15, -0.1) is 0 Å². The Labute approximate surface area is 152 Å². The number of sulfone groups is 1. The third-order valence-electron chi connectivity index (χ3n) is 4.59. The van der Waals surface area contributed by atoms with Crippen molar-refractivity contribution in [2.45, 2.75) is 19.4 Å². The average molecular weight is 376 g/mol. The van der Waals surface area contributed by atoms with Crippen molar-refractivity contribution in [2.75, 3.05) is 35.6 Å². The first-order valence-electron chi connectivity index (χ1n) is 8.35. The number of fused-ring (bicyclic) bond motifs is 1. The first-order valence-corrected chi connectivity index (χ1v) is 10.2. The Hall–Kier alpha value is -2.55. The molecule has 1 aromatic carbocycles. The summed E-state index contributed by atoms with van der Waals surface area (Å²) >= 11 is 0. The summed E-state index contributed by atoms with van der Waals surface area (Å²) in [6.45, 7) is 2.04. The normalized spacial score (nSPS) is 20.2. The topological polar surface area (TPSA) is 93.7 Å². The van der Waals surface area contributed by atoms with Crippen molar-refractivity contribution in [1.82, 2.24) is 9.97 Å². The maximum atomic E-state index is 11.8. The summed E-state index contributed by atoms with van der Waals surface area (Å²) in [6, 6.07) is 7.34. The van der Waals surface area contributed by atoms with E-state index in [-0.39, 0.29) is 24.3 Å². The second-order valence-corrected chi connectivity index (χ2v) is 8.75. The molecule has 4 rings (SSSR count). The van der Waals surface area contributed by atoms with Crippen LogP contribution in [-0.2, 0) is 9.84 Å². The Bertz CT molecular complexity index is 948. The molecule has 3 heterocycles. The zero-order valence-corrected chi connectivity index (χ0v) is 15.4. The lowest BCUT2D eigenvalue weighted by molar-refractivity contribution is 0.174. The minimum absolute atomic E-state index is 0.0623. The summed E-state index contributed by atoms with van der Waals surface area (Å²) < 4.78 is 34.2. The van der Waals surface area contributed by atoms with Crippen LogP contribution in [-0.4, -0.2) is 49.8 Å². The third-order valence-corrected chi connectivity index (χ3v) is 6.34. The number of rotatable bonds is 4. The van der Waals surface area contributed by atoms with Crippen molar-refractivity contribution in [2.24, 2.45) is 0 Å². The molecule has 8 nitrogen and oxygen atoms in total. The second kappa shape index (κ2) is 6.31. The zero-order valence-electron chi connectivity index (χ0n) is 14.6. The second-order valence-electron chi connectivity index (χ2n) is 6.52. The van der Waals surface area contributed by atoms with E-state index >= 15 is 0 Å². The largest absolute Gasteiger partial charge is 0.454 e. The Balaban J connectivity index is 1.56. The highest BCUT2D eigenvalue weighted by molar-refractivity contribution is 7.91. The van der Waals surface area contributed by atoms with E-state index in [9.17, 15) is 8.42 Å². The molecule has 1 saturated heterocycles. The number of nitrogens with one attached hydrogen (secondary N) is 1. The van der Waals surface area contributed by atoms with Gasteiger partial charge in [-0.05, 0) is 25.5 Å². The van der Waals surface area contributed by atoms with Gasteiger partial charge in [0.2, 0.25) is 6.79 Å². The number of anilines is 3. The average Bonchev–Trinajstić information content (AvgIpc) is 3.19. The molecule has 9 heteroatoms. The summed E-state index contributed by atoms with van der Waals surface area (Å²) in [5.74, 6) is 3.75. The molecule has 1 N–H and O–H groups in total. The highest BCUT2D eigenvalue weighted by Crippen LogP contribution is 2.35. The maximum absolute atomic E-state index is 11.8. The highest BCUT2D eigenvalue weighted by Gasteiger charge is 2.31. The van der Waals surface area contributed by atoms with E-state index in [4.69, 9.17) is 9.47 Å². The number of hydrogen-bond donors (Lipinski definition) is 1. The van der Waals surface area contributed by atoms with Gasteiger partial charge in [0.25, 0.3) is 0 Å². The molecule has 138 valence electrons. The first-order chi connectivity index (χ1) is 12.4. The van der Waals surface area contributed by atoms with Gasteiger partial charge in [0.05, 0.1) is 11.5 Å². The van der Waals surface area contributed by atoms with E-state index in [0.29, 0.717) is 29.6 Å². The fraction of sp³-hybridized carbons (Fsp3) is 0.412. The van der Waals surface area contributed by atoms with Crippen LogP contribution in [0.1, 0.15) is 12.2 Å². The smallest absolute Gasteiger partial charge is 0.231 e. The summed E-state index contributed by atoms with van der Waals surface area (Å²) in [5, 5.41) is 3.24. The maximum Gasteiger partial charge on any atom is 0.231 e. The molecule has 26 heavy (non-hydrogen) atoms. The lowest BCUT2D eigenvalue weighted by atomic mass is 10.2. The molecular weight excluding hydrogens is 356 g/mol. The van der Waals surface area contributed by atoms with Gasteiger partial charge >= 0.3 is 0 Å². The number of nitrogens with zero attached hydrogens (tertiary/aromatic N) is 3. The van der Waals surface area contributed by atoms with E-state index in [1.807, 2.05) is 43.1 Å². The van der Waals surface area contributed by atoms with Crippen LogP contribution in [0.3, 0.4) is 0 Å². The molecule has 0 spiro atoms. The van der Waals surface area contributed by atoms with Crippen molar-refractivity contribution < 1.29 is 17.9 Å². The van der Waals surface area contributed by atoms with Crippen LogP contribution in [0.4, 0.5) is 17.3 Å². The van der Waals surface area contributed by atoms with Crippen LogP contribution < -0.4 is 19.7 Å². The van der Waals surface area contributed by atoms with Crippen LogP contribution >= 0.6 is 0 Å². The molecule has 2 aliphatic heterocycles. The Morgan fingerprint density at radius 3 is 2.77 bits per heavy atom. The minimum Gasteiger partial charge on any atom is -0.454 e. The Kier molecular flexibility index (Phi) is 4.10. The van der Waals surface area contributed by atoms with Crippen molar-refractivity contribution in [3.8, 4) is 11.5 Å². The van der Waals surface area contributed by atoms with Gasteiger partial charge in [0, 0.05) is 30.9 Å². The molecular formula is C17H20N4O4S. The minimum atomic E-state index is -2.95. The van der Waals surface area contributed by atoms with Gasteiger partial charge in [0.15, 0.2) is 21.3 Å². The number of benzene rings is 1. The van der Waals surface area contributed by atoms with Crippen molar-refractivity contribution in [1.29, 1.82) is 0 Å². The summed E-state index contributed by atoms with van der Waals surface area (Å²) in [5.41, 5.74) is 0.824. The van der Waals surface area contributed by atoms with E-state index in [2.05, 4.69) is 15.3 Å². The van der Waals surface area contributed by atoms with Crippen LogP contribution in [0.25, 0.3) is 0 Å². The Morgan fingerprint density at radius 1 is 1.19 bits per heavy atom. The number of hydrogen-bond acceptors (Lipinski definition) is 8. The summed E-state index contributed by atoms with van der Waals surface area (Å²) in [7, 11) is -1.08. The lowest BCUT2D eigenvalue weighted by Gasteiger charge is -2.25. The summed E-state index contributed by atoms with van der Waals surface area (Å²) in [6.07, 6.45) is 0.618. The fourth-order valence-corrected chi connectivity index (χ4v) is 4.96. The molecule has 0 aliphatic carbocycles. The van der Waals surface area contributed by atoms with Gasteiger partial charge in [-0.2, -0.15) is 0 Å². The first kappa shape index (κ1) is 16.9. The Morgan fingerprint density at radius 2 is 2.00 bits per heavy atom. The fourth-order valence-electron chi connectivity index (χ4n) is 3.19. The monoisotopic (exact) mass is 376 g/mol. The van der Waals surface area contributed by atoms with Gasteiger partial charge in [-0.25, -0.2) is 18.4 Å². The zero-order chi connectivity index (χ0) is 18.3. The molecule has 0 saturated carbocycles. The van der Waals surface area contributed by atoms with Crippen molar-refractivity contribution in [3.63, 3.8) is 0 Å². The number of ether oxygens (including phenoxy) is 2. The molecule has 1 aromatic heterocycles. The van der Waals surface area contributed by atoms with E-state index in [0.717, 1.165) is 11.4 Å². The van der Waals surface area contributed by atoms with Crippen LogP contribution in [0, 0.1) is 6.92 Å². The van der Waals surface area contributed by atoms with Gasteiger partial charge in [0.1, 0.15) is 17.5 Å². The molecule has 1 fully saturated rings. The molecule has 1 atom stereocenters. The van der Waals surface area contributed by atoms with Crippen LogP contribution in [0.15, 0.2) is 24.3 Å². The standard InChI is InChI=1S/C17H20N4O4S/c1-11-18-16(20-12-3-4-14-15(7-12)25-10-24-14)8-17(19-11)21(2)13-5-6-26(22,23)9-13/h3-4,7-8,13H,5-6,9-10H2,1-2H3,(H,18,19,20). The molecule has 2 aliphatic rings. The predicted octanol–water partition coefficient (Wildman–Crippen LogP) is 1.88. The highest BCUT2D eigenvalue weighted by atomic mass is 32.2. The molecule has 1 unspecified atom stereocenters. The number of aromatic nitrogens is 2. The summed E-state index contributed by atoms with van der Waals surface area (Å²) in [4.78, 5) is 10.8. The third kappa shape index (κ3) is 3.39. The molecule has 0 amide bonds. The van der Waals surface area contributed by atoms with Gasteiger partial charge < -0.3 is 19.7 Å².